The lowest BCUT2D eigenvalue weighted by molar-refractivity contribution is -0.136. The zero-order valence-corrected chi connectivity index (χ0v) is 18.4. The Labute approximate surface area is 184 Å². The first-order valence-corrected chi connectivity index (χ1v) is 10.6. The van der Waals surface area contributed by atoms with Crippen LogP contribution in [0.25, 0.3) is 0 Å². The number of aromatic nitrogens is 2. The van der Waals surface area contributed by atoms with Gasteiger partial charge >= 0.3 is 0 Å². The Bertz CT molecular complexity index is 975. The predicted molar refractivity (Wildman–Crippen MR) is 115 cm³/mol. The van der Waals surface area contributed by atoms with Crippen molar-refractivity contribution in [1.29, 1.82) is 0 Å². The number of benzene rings is 1. The van der Waals surface area contributed by atoms with Crippen molar-refractivity contribution in [3.63, 3.8) is 0 Å². The minimum absolute atomic E-state index is 0.0131. The van der Waals surface area contributed by atoms with Crippen LogP contribution in [0.2, 0.25) is 15.1 Å². The van der Waals surface area contributed by atoms with Gasteiger partial charge in [0.05, 0.1) is 34.9 Å². The molecular weight excluding hydrogens is 435 g/mol. The van der Waals surface area contributed by atoms with E-state index in [1.807, 2.05) is 17.9 Å². The number of hydrogen-bond donors (Lipinski definition) is 0. The molecule has 1 amide bonds. The van der Waals surface area contributed by atoms with Gasteiger partial charge in [0.2, 0.25) is 5.91 Å². The van der Waals surface area contributed by atoms with E-state index in [1.165, 1.54) is 0 Å². The van der Waals surface area contributed by atoms with Gasteiger partial charge in [-0.2, -0.15) is 5.10 Å². The van der Waals surface area contributed by atoms with Crippen molar-refractivity contribution in [3.8, 4) is 0 Å². The lowest BCUT2D eigenvalue weighted by atomic mass is 9.87. The summed E-state index contributed by atoms with van der Waals surface area (Å²) in [6.45, 7) is 3.09. The summed E-state index contributed by atoms with van der Waals surface area (Å²) in [5, 5.41) is 5.75. The zero-order chi connectivity index (χ0) is 20.7. The molecule has 0 bridgehead atoms. The number of amides is 1. The Balaban J connectivity index is 1.80. The van der Waals surface area contributed by atoms with E-state index in [1.54, 1.807) is 30.1 Å². The van der Waals surface area contributed by atoms with Crippen LogP contribution in [0.3, 0.4) is 0 Å². The molecule has 0 N–H and O–H groups in total. The van der Waals surface area contributed by atoms with Crippen molar-refractivity contribution in [2.45, 2.75) is 31.8 Å². The molecule has 3 atom stereocenters. The Morgan fingerprint density at radius 2 is 2.03 bits per heavy atom. The van der Waals surface area contributed by atoms with Gasteiger partial charge in [-0.05, 0) is 37.5 Å². The fourth-order valence-electron chi connectivity index (χ4n) is 4.26. The Hall–Kier alpha value is -1.60. The summed E-state index contributed by atoms with van der Waals surface area (Å²) in [6, 6.07) is 5.03. The molecule has 1 aromatic heterocycles. The van der Waals surface area contributed by atoms with Crippen LogP contribution in [0, 0.1) is 5.92 Å². The molecule has 1 fully saturated rings. The maximum absolute atomic E-state index is 13.7. The zero-order valence-electron chi connectivity index (χ0n) is 16.1. The van der Waals surface area contributed by atoms with E-state index in [-0.39, 0.29) is 11.9 Å². The molecule has 1 saturated heterocycles. The third kappa shape index (κ3) is 3.67. The number of halogens is 3. The molecule has 2 aliphatic rings. The summed E-state index contributed by atoms with van der Waals surface area (Å²) in [4.78, 5) is 20.2. The Kier molecular flexibility index (Phi) is 5.89. The monoisotopic (exact) mass is 454 g/mol. The van der Waals surface area contributed by atoms with Crippen LogP contribution >= 0.6 is 34.8 Å². The standard InChI is InChI=1S/C20H21Cl3N4O2/c1-11-17(20(28)26-7-3-4-13(26)10-29-2)18(12-5-6-14(21)15(22)8-12)27-19(25-11)16(23)9-24-27/h5-6,8-9,13,17-18H,3-4,7,10H2,1-2H3/t13-,17?,18?/m0/s1. The Morgan fingerprint density at radius 3 is 2.76 bits per heavy atom. The van der Waals surface area contributed by atoms with E-state index in [0.29, 0.717) is 39.7 Å². The van der Waals surface area contributed by atoms with E-state index in [2.05, 4.69) is 10.1 Å². The van der Waals surface area contributed by atoms with E-state index < -0.39 is 12.0 Å². The number of carbonyl (C=O) groups is 1. The second-order valence-electron chi connectivity index (χ2n) is 7.39. The van der Waals surface area contributed by atoms with Gasteiger partial charge in [0.15, 0.2) is 5.82 Å². The van der Waals surface area contributed by atoms with Crippen LogP contribution in [-0.2, 0) is 9.53 Å². The molecule has 2 unspecified atom stereocenters. The number of likely N-dealkylation sites (tertiary alicyclic amines) is 1. The average molecular weight is 456 g/mol. The second kappa shape index (κ2) is 8.26. The van der Waals surface area contributed by atoms with Gasteiger partial charge in [-0.3, -0.25) is 4.79 Å². The summed E-state index contributed by atoms with van der Waals surface area (Å²) in [6.07, 6.45) is 3.44. The molecule has 0 spiro atoms. The van der Waals surface area contributed by atoms with Crippen molar-refractivity contribution in [3.05, 3.63) is 45.0 Å². The Morgan fingerprint density at radius 1 is 1.24 bits per heavy atom. The smallest absolute Gasteiger partial charge is 0.234 e. The number of hydrogen-bond acceptors (Lipinski definition) is 4. The molecular formula is C20H21Cl3N4O2. The van der Waals surface area contributed by atoms with Gasteiger partial charge in [-0.15, -0.1) is 0 Å². The number of ether oxygens (including phenoxy) is 1. The number of fused-ring (bicyclic) bond motifs is 1. The van der Waals surface area contributed by atoms with E-state index >= 15 is 0 Å². The largest absolute Gasteiger partial charge is 0.383 e. The summed E-state index contributed by atoms with van der Waals surface area (Å²) in [7, 11) is 1.66. The van der Waals surface area contributed by atoms with Crippen LogP contribution in [0.1, 0.15) is 31.4 Å². The highest BCUT2D eigenvalue weighted by molar-refractivity contribution is 6.42. The van der Waals surface area contributed by atoms with Crippen molar-refractivity contribution >= 4 is 52.2 Å². The van der Waals surface area contributed by atoms with Crippen LogP contribution < -0.4 is 0 Å². The molecule has 2 aromatic rings. The van der Waals surface area contributed by atoms with Crippen LogP contribution in [0.4, 0.5) is 5.82 Å². The lowest BCUT2D eigenvalue weighted by Gasteiger charge is -2.35. The first-order valence-electron chi connectivity index (χ1n) is 9.45. The number of rotatable bonds is 4. The highest BCUT2D eigenvalue weighted by Gasteiger charge is 2.43. The van der Waals surface area contributed by atoms with Crippen molar-refractivity contribution < 1.29 is 9.53 Å². The summed E-state index contributed by atoms with van der Waals surface area (Å²) in [5.41, 5.74) is 1.53. The molecule has 0 saturated carbocycles. The quantitative estimate of drug-likeness (QED) is 0.666. The lowest BCUT2D eigenvalue weighted by Crippen LogP contribution is -2.47. The average Bonchev–Trinajstić information content (AvgIpc) is 3.30. The molecule has 0 aliphatic carbocycles. The third-order valence-electron chi connectivity index (χ3n) is 5.61. The van der Waals surface area contributed by atoms with Gasteiger partial charge < -0.3 is 9.64 Å². The van der Waals surface area contributed by atoms with E-state index in [4.69, 9.17) is 39.5 Å². The molecule has 9 heteroatoms. The SMILES string of the molecule is COC[C@@H]1CCCN1C(=O)C1C(C)=Nc2c(Cl)cnn2C1c1ccc(Cl)c(Cl)c1. The summed E-state index contributed by atoms with van der Waals surface area (Å²) in [5.74, 6) is 0.0338. The topological polar surface area (TPSA) is 59.7 Å². The predicted octanol–water partition coefficient (Wildman–Crippen LogP) is 4.79. The normalized spacial score (nSPS) is 23.8. The molecule has 6 nitrogen and oxygen atoms in total. The van der Waals surface area contributed by atoms with Crippen LogP contribution in [-0.4, -0.2) is 52.6 Å². The van der Waals surface area contributed by atoms with Gasteiger partial charge in [0, 0.05) is 19.4 Å². The molecule has 3 heterocycles. The van der Waals surface area contributed by atoms with Crippen molar-refractivity contribution in [2.75, 3.05) is 20.3 Å². The van der Waals surface area contributed by atoms with E-state index in [0.717, 1.165) is 18.4 Å². The fourth-order valence-corrected chi connectivity index (χ4v) is 4.74. The highest BCUT2D eigenvalue weighted by atomic mass is 35.5. The molecule has 29 heavy (non-hydrogen) atoms. The molecule has 154 valence electrons. The number of methoxy groups -OCH3 is 1. The summed E-state index contributed by atoms with van der Waals surface area (Å²) >= 11 is 18.7. The fraction of sp³-hybridized carbons (Fsp3) is 0.450. The number of aliphatic imine (C=N–C) groups is 1. The minimum Gasteiger partial charge on any atom is -0.383 e. The molecule has 4 rings (SSSR count). The number of carbonyl (C=O) groups excluding carboxylic acids is 1. The van der Waals surface area contributed by atoms with Crippen LogP contribution in [0.15, 0.2) is 29.4 Å². The maximum Gasteiger partial charge on any atom is 0.234 e. The summed E-state index contributed by atoms with van der Waals surface area (Å²) < 4.78 is 7.04. The van der Waals surface area contributed by atoms with Gasteiger partial charge in [-0.1, -0.05) is 40.9 Å². The van der Waals surface area contributed by atoms with Gasteiger partial charge in [-0.25, -0.2) is 9.67 Å². The molecule has 2 aliphatic heterocycles. The number of nitrogens with zero attached hydrogens (tertiary/aromatic N) is 4. The first kappa shape index (κ1) is 20.7. The first-order chi connectivity index (χ1) is 13.9. The molecule has 1 aromatic carbocycles. The van der Waals surface area contributed by atoms with Crippen molar-refractivity contribution in [2.24, 2.45) is 10.9 Å². The molecule has 0 radical (unpaired) electrons. The minimum atomic E-state index is -0.520. The van der Waals surface area contributed by atoms with Crippen LogP contribution in [0.5, 0.6) is 0 Å². The third-order valence-corrected chi connectivity index (χ3v) is 6.61. The van der Waals surface area contributed by atoms with Gasteiger partial charge in [0.1, 0.15) is 10.9 Å². The van der Waals surface area contributed by atoms with Crippen molar-refractivity contribution in [1.82, 2.24) is 14.7 Å². The van der Waals surface area contributed by atoms with E-state index in [9.17, 15) is 4.79 Å². The second-order valence-corrected chi connectivity index (χ2v) is 8.61. The maximum atomic E-state index is 13.7. The van der Waals surface area contributed by atoms with Gasteiger partial charge in [0.25, 0.3) is 0 Å². The highest BCUT2D eigenvalue weighted by Crippen LogP contribution is 2.42.